The molecule has 0 bridgehead atoms. The van der Waals surface area contributed by atoms with E-state index in [0.717, 1.165) is 39.0 Å². The van der Waals surface area contributed by atoms with Crippen LogP contribution in [-0.2, 0) is 9.59 Å². The van der Waals surface area contributed by atoms with Crippen molar-refractivity contribution in [1.82, 2.24) is 15.1 Å². The van der Waals surface area contributed by atoms with Gasteiger partial charge in [-0.2, -0.15) is 0 Å². The molecule has 0 radical (unpaired) electrons. The molecule has 120 valence electrons. The van der Waals surface area contributed by atoms with Crippen LogP contribution < -0.4 is 5.32 Å². The van der Waals surface area contributed by atoms with E-state index in [-0.39, 0.29) is 30.4 Å². The van der Waals surface area contributed by atoms with Gasteiger partial charge in [0.1, 0.15) is 6.29 Å². The Morgan fingerprint density at radius 2 is 2.00 bits per heavy atom. The van der Waals surface area contributed by atoms with Crippen molar-refractivity contribution in [2.75, 3.05) is 45.9 Å². The average molecular weight is 297 g/mol. The fourth-order valence-corrected chi connectivity index (χ4v) is 3.35. The minimum Gasteiger partial charge on any atom is -0.396 e. The molecule has 2 saturated heterocycles. The molecule has 6 heteroatoms. The largest absolute Gasteiger partial charge is 0.396 e. The monoisotopic (exact) mass is 297 g/mol. The van der Waals surface area contributed by atoms with Crippen LogP contribution in [0, 0.1) is 11.8 Å². The molecule has 2 fully saturated rings. The van der Waals surface area contributed by atoms with Gasteiger partial charge in [0.05, 0.1) is 12.0 Å². The van der Waals surface area contributed by atoms with Crippen LogP contribution >= 0.6 is 0 Å². The second kappa shape index (κ2) is 7.87. The fraction of sp³-hybridized carbons (Fsp3) is 0.867. The fourth-order valence-electron chi connectivity index (χ4n) is 3.35. The molecular formula is C15H27N3O3. The number of aliphatic hydroxyl groups is 1. The zero-order chi connectivity index (χ0) is 15.2. The summed E-state index contributed by atoms with van der Waals surface area (Å²) >= 11 is 0. The van der Waals surface area contributed by atoms with Crippen LogP contribution in [0.4, 0.5) is 0 Å². The second-order valence-electron chi connectivity index (χ2n) is 6.10. The molecule has 3 atom stereocenters. The summed E-state index contributed by atoms with van der Waals surface area (Å²) in [5.41, 5.74) is 0. The Bertz CT molecular complexity index is 356. The summed E-state index contributed by atoms with van der Waals surface area (Å²) < 4.78 is 0. The van der Waals surface area contributed by atoms with Gasteiger partial charge in [-0.05, 0) is 19.4 Å². The molecule has 21 heavy (non-hydrogen) atoms. The van der Waals surface area contributed by atoms with Gasteiger partial charge in [0.25, 0.3) is 0 Å². The maximum atomic E-state index is 11.5. The van der Waals surface area contributed by atoms with Gasteiger partial charge in [-0.1, -0.05) is 6.92 Å². The van der Waals surface area contributed by atoms with Gasteiger partial charge < -0.3 is 25.0 Å². The topological polar surface area (TPSA) is 72.9 Å². The molecule has 0 aromatic rings. The van der Waals surface area contributed by atoms with Crippen LogP contribution in [0.1, 0.15) is 19.8 Å². The number of aldehydes is 1. The Morgan fingerprint density at radius 3 is 2.52 bits per heavy atom. The first-order valence-electron chi connectivity index (χ1n) is 8.00. The van der Waals surface area contributed by atoms with E-state index in [4.69, 9.17) is 5.11 Å². The third-order valence-electron chi connectivity index (χ3n) is 4.63. The van der Waals surface area contributed by atoms with E-state index in [1.165, 1.54) is 6.42 Å². The third kappa shape index (κ3) is 4.02. The number of carbonyl (C=O) groups is 2. The number of aliphatic hydroxyl groups excluding tert-OH is 1. The normalized spacial score (nSPS) is 28.8. The van der Waals surface area contributed by atoms with E-state index in [0.29, 0.717) is 13.0 Å². The van der Waals surface area contributed by atoms with Crippen LogP contribution in [0.2, 0.25) is 0 Å². The van der Waals surface area contributed by atoms with Crippen molar-refractivity contribution in [1.29, 1.82) is 0 Å². The number of hydrogen-bond donors (Lipinski definition) is 2. The van der Waals surface area contributed by atoms with Crippen molar-refractivity contribution in [3.05, 3.63) is 0 Å². The van der Waals surface area contributed by atoms with E-state index in [2.05, 4.69) is 22.0 Å². The summed E-state index contributed by atoms with van der Waals surface area (Å²) in [6, 6.07) is -0.101. The lowest BCUT2D eigenvalue weighted by Gasteiger charge is -2.42. The number of carbonyl (C=O) groups excluding carboxylic acids is 2. The molecule has 2 rings (SSSR count). The first kappa shape index (κ1) is 16.4. The first-order chi connectivity index (χ1) is 10.2. The van der Waals surface area contributed by atoms with E-state index < -0.39 is 0 Å². The van der Waals surface area contributed by atoms with E-state index in [1.807, 2.05) is 0 Å². The van der Waals surface area contributed by atoms with Gasteiger partial charge in [0.15, 0.2) is 0 Å². The predicted octanol–water partition coefficient (Wildman–Crippen LogP) is -0.674. The molecule has 0 saturated carbocycles. The highest BCUT2D eigenvalue weighted by atomic mass is 16.3. The zero-order valence-electron chi connectivity index (χ0n) is 12.8. The number of amides is 1. The smallest absolute Gasteiger partial charge is 0.225 e. The highest BCUT2D eigenvalue weighted by Gasteiger charge is 2.43. The SMILES string of the molecule is CCCN1CCN(C[C@@H](C=O)[C@H]2NC(=O)[C@H]2CCO)CC1. The van der Waals surface area contributed by atoms with Crippen LogP contribution in [0.15, 0.2) is 0 Å². The molecule has 0 spiro atoms. The highest BCUT2D eigenvalue weighted by molar-refractivity contribution is 5.87. The Kier molecular flexibility index (Phi) is 6.14. The van der Waals surface area contributed by atoms with E-state index in [9.17, 15) is 9.59 Å². The van der Waals surface area contributed by atoms with Crippen LogP contribution in [-0.4, -0.2) is 79.0 Å². The Hall–Kier alpha value is -0.980. The van der Waals surface area contributed by atoms with Crippen molar-refractivity contribution in [3.8, 4) is 0 Å². The molecule has 0 aromatic carbocycles. The third-order valence-corrected chi connectivity index (χ3v) is 4.63. The van der Waals surface area contributed by atoms with Crippen molar-refractivity contribution in [3.63, 3.8) is 0 Å². The summed E-state index contributed by atoms with van der Waals surface area (Å²) in [7, 11) is 0. The van der Waals surface area contributed by atoms with Crippen molar-refractivity contribution < 1.29 is 14.7 Å². The first-order valence-corrected chi connectivity index (χ1v) is 8.00. The molecule has 2 aliphatic heterocycles. The lowest BCUT2D eigenvalue weighted by atomic mass is 9.79. The lowest BCUT2D eigenvalue weighted by Crippen LogP contribution is -2.63. The van der Waals surface area contributed by atoms with Gasteiger partial charge in [-0.15, -0.1) is 0 Å². The molecule has 0 aromatic heterocycles. The Labute approximate surface area is 126 Å². The van der Waals surface area contributed by atoms with E-state index in [1.54, 1.807) is 0 Å². The molecule has 0 aliphatic carbocycles. The number of hydrogen-bond acceptors (Lipinski definition) is 5. The van der Waals surface area contributed by atoms with Crippen molar-refractivity contribution in [2.24, 2.45) is 11.8 Å². The summed E-state index contributed by atoms with van der Waals surface area (Å²) in [5.74, 6) is -0.405. The summed E-state index contributed by atoms with van der Waals surface area (Å²) in [5, 5.41) is 11.8. The summed E-state index contributed by atoms with van der Waals surface area (Å²) in [6.07, 6.45) is 2.59. The van der Waals surface area contributed by atoms with Crippen molar-refractivity contribution >= 4 is 12.2 Å². The maximum Gasteiger partial charge on any atom is 0.225 e. The molecule has 2 aliphatic rings. The van der Waals surface area contributed by atoms with Crippen molar-refractivity contribution in [2.45, 2.75) is 25.8 Å². The number of piperazine rings is 1. The molecule has 0 unspecified atom stereocenters. The zero-order valence-corrected chi connectivity index (χ0v) is 12.8. The minimum absolute atomic E-state index is 0.00411. The summed E-state index contributed by atoms with van der Waals surface area (Å²) in [4.78, 5) is 27.6. The van der Waals surface area contributed by atoms with Crippen LogP contribution in [0.25, 0.3) is 0 Å². The second-order valence-corrected chi connectivity index (χ2v) is 6.10. The average Bonchev–Trinajstić information content (AvgIpc) is 2.50. The number of rotatable bonds is 8. The van der Waals surface area contributed by atoms with Gasteiger partial charge >= 0.3 is 0 Å². The van der Waals surface area contributed by atoms with Gasteiger partial charge in [-0.3, -0.25) is 4.79 Å². The Balaban J connectivity index is 1.80. The minimum atomic E-state index is -0.202. The number of β-lactam (4-membered cyclic amide) rings is 1. The summed E-state index contributed by atoms with van der Waals surface area (Å²) in [6.45, 7) is 8.10. The molecule has 1 amide bonds. The predicted molar refractivity (Wildman–Crippen MR) is 79.8 cm³/mol. The van der Waals surface area contributed by atoms with Gasteiger partial charge in [0.2, 0.25) is 5.91 Å². The highest BCUT2D eigenvalue weighted by Crippen LogP contribution is 2.25. The van der Waals surface area contributed by atoms with E-state index >= 15 is 0 Å². The molecule has 2 heterocycles. The standard InChI is InChI=1S/C15H27N3O3/c1-2-4-17-5-7-18(8-6-17)10-12(11-20)14-13(3-9-19)15(21)16-14/h11-14,19H,2-10H2,1H3,(H,16,21)/t12-,13-,14+/m0/s1. The van der Waals surface area contributed by atoms with Gasteiger partial charge in [-0.25, -0.2) is 0 Å². The van der Waals surface area contributed by atoms with Crippen LogP contribution in [0.5, 0.6) is 0 Å². The lowest BCUT2D eigenvalue weighted by molar-refractivity contribution is -0.139. The quantitative estimate of drug-likeness (QED) is 0.459. The molecule has 2 N–H and O–H groups in total. The van der Waals surface area contributed by atoms with Gasteiger partial charge in [0, 0.05) is 45.2 Å². The number of nitrogens with zero attached hydrogens (tertiary/aromatic N) is 2. The molecule has 6 nitrogen and oxygen atoms in total. The Morgan fingerprint density at radius 1 is 1.33 bits per heavy atom. The molecular weight excluding hydrogens is 270 g/mol. The maximum absolute atomic E-state index is 11.5. The number of nitrogens with one attached hydrogen (secondary N) is 1. The van der Waals surface area contributed by atoms with Crippen LogP contribution in [0.3, 0.4) is 0 Å².